The second-order valence-electron chi connectivity index (χ2n) is 3.40. The third kappa shape index (κ3) is 5.86. The largest absolute Gasteiger partial charge is 0.462 e. The summed E-state index contributed by atoms with van der Waals surface area (Å²) in [6.45, 7) is 2.33. The summed E-state index contributed by atoms with van der Waals surface area (Å²) in [5.74, 6) is -0.515. The van der Waals surface area contributed by atoms with E-state index in [-0.39, 0.29) is 40.8 Å². The van der Waals surface area contributed by atoms with Gasteiger partial charge in [0, 0.05) is 29.6 Å². The molecule has 18 heavy (non-hydrogen) atoms. The standard InChI is InChI=1S/C11H15NO4S.Na/c1-2-3-8-16-11(13)9-6-4-5-7-10(9)12-17(14)15;/h4-7,17H,2-3,8H2,1H3,(H,12,14,15);. The molecule has 7 heteroatoms. The number of unbranched alkanes of at least 4 members (excludes halogenated alkanes) is 1. The minimum absolute atomic E-state index is 0. The van der Waals surface area contributed by atoms with Crippen molar-refractivity contribution >= 4 is 52.1 Å². The average Bonchev–Trinajstić information content (AvgIpc) is 2.29. The molecule has 0 spiro atoms. The van der Waals surface area contributed by atoms with Gasteiger partial charge in [0.2, 0.25) is 10.9 Å². The molecule has 0 aromatic heterocycles. The Labute approximate surface area is 130 Å². The molecule has 0 saturated heterocycles. The van der Waals surface area contributed by atoms with Crippen LogP contribution in [0.5, 0.6) is 0 Å². The Morgan fingerprint density at radius 1 is 1.33 bits per heavy atom. The predicted molar refractivity (Wildman–Crippen MR) is 71.3 cm³/mol. The van der Waals surface area contributed by atoms with E-state index >= 15 is 0 Å². The van der Waals surface area contributed by atoms with Crippen LogP contribution < -0.4 is 4.72 Å². The second-order valence-corrected chi connectivity index (χ2v) is 4.14. The Hall–Kier alpha value is -0.560. The van der Waals surface area contributed by atoms with Gasteiger partial charge in [0.05, 0.1) is 17.9 Å². The number of nitrogens with one attached hydrogen (secondary N) is 1. The van der Waals surface area contributed by atoms with Crippen LogP contribution in [0.25, 0.3) is 0 Å². The van der Waals surface area contributed by atoms with Crippen molar-refractivity contribution in [1.82, 2.24) is 0 Å². The van der Waals surface area contributed by atoms with Gasteiger partial charge in [-0.15, -0.1) is 0 Å². The number of thiol groups is 1. The van der Waals surface area contributed by atoms with Crippen LogP contribution in [0, 0.1) is 0 Å². The van der Waals surface area contributed by atoms with Crippen LogP contribution in [0.2, 0.25) is 0 Å². The van der Waals surface area contributed by atoms with Crippen molar-refractivity contribution in [3.05, 3.63) is 29.8 Å². The van der Waals surface area contributed by atoms with E-state index in [1.54, 1.807) is 12.1 Å². The summed E-state index contributed by atoms with van der Waals surface area (Å²) in [6.07, 6.45) is 1.72. The molecule has 0 unspecified atom stereocenters. The van der Waals surface area contributed by atoms with Gasteiger partial charge in [0.15, 0.2) is 0 Å². The molecule has 1 rings (SSSR count). The molecule has 1 radical (unpaired) electrons. The molecule has 1 aromatic carbocycles. The fourth-order valence-electron chi connectivity index (χ4n) is 1.24. The average molecular weight is 280 g/mol. The van der Waals surface area contributed by atoms with Gasteiger partial charge in [0.25, 0.3) is 0 Å². The first-order chi connectivity index (χ1) is 8.15. The molecule has 5 nitrogen and oxygen atoms in total. The Morgan fingerprint density at radius 3 is 2.61 bits per heavy atom. The maximum atomic E-state index is 11.7. The number of hydrogen-bond donors (Lipinski definition) is 2. The number of esters is 1. The Bertz CT molecular complexity index is 454. The van der Waals surface area contributed by atoms with Crippen LogP contribution in [-0.4, -0.2) is 50.6 Å². The topological polar surface area (TPSA) is 72.5 Å². The first-order valence-corrected chi connectivity index (χ1v) is 6.50. The molecule has 0 aliphatic rings. The predicted octanol–water partition coefficient (Wildman–Crippen LogP) is 1.20. The third-order valence-electron chi connectivity index (χ3n) is 2.09. The van der Waals surface area contributed by atoms with Crippen molar-refractivity contribution in [2.24, 2.45) is 0 Å². The minimum Gasteiger partial charge on any atom is -0.462 e. The zero-order chi connectivity index (χ0) is 12.7. The summed E-state index contributed by atoms with van der Waals surface area (Å²) < 4.78 is 28.4. The van der Waals surface area contributed by atoms with Crippen molar-refractivity contribution < 1.29 is 17.9 Å². The van der Waals surface area contributed by atoms with Crippen LogP contribution >= 0.6 is 0 Å². The van der Waals surface area contributed by atoms with Gasteiger partial charge in [-0.25, -0.2) is 13.2 Å². The van der Waals surface area contributed by atoms with E-state index in [4.69, 9.17) is 4.74 Å². The number of ether oxygens (including phenoxy) is 1. The van der Waals surface area contributed by atoms with Crippen LogP contribution in [0.3, 0.4) is 0 Å². The fraction of sp³-hybridized carbons (Fsp3) is 0.364. The molecule has 0 heterocycles. The van der Waals surface area contributed by atoms with E-state index in [0.717, 1.165) is 12.8 Å². The summed E-state index contributed by atoms with van der Waals surface area (Å²) in [5.41, 5.74) is 0.466. The number of hydrogen-bond acceptors (Lipinski definition) is 4. The van der Waals surface area contributed by atoms with Gasteiger partial charge in [0.1, 0.15) is 0 Å². The molecule has 0 atom stereocenters. The van der Waals surface area contributed by atoms with E-state index in [1.165, 1.54) is 12.1 Å². The number of rotatable bonds is 6. The van der Waals surface area contributed by atoms with Gasteiger partial charge in [-0.05, 0) is 18.6 Å². The van der Waals surface area contributed by atoms with Gasteiger partial charge in [-0.1, -0.05) is 25.5 Å². The first-order valence-electron chi connectivity index (χ1n) is 5.32. The SMILES string of the molecule is CCCCOC(=O)c1ccccc1N[SH](=O)=O.[Na]. The maximum Gasteiger partial charge on any atom is 0.340 e. The quantitative estimate of drug-likeness (QED) is 0.355. The van der Waals surface area contributed by atoms with Crippen molar-refractivity contribution in [2.75, 3.05) is 11.3 Å². The molecule has 0 aliphatic carbocycles. The summed E-state index contributed by atoms with van der Waals surface area (Å²) in [5, 5.41) is 0. The number of para-hydroxylation sites is 1. The smallest absolute Gasteiger partial charge is 0.340 e. The summed E-state index contributed by atoms with van der Waals surface area (Å²) in [4.78, 5) is 11.7. The van der Waals surface area contributed by atoms with Gasteiger partial charge in [-0.2, -0.15) is 0 Å². The number of benzene rings is 1. The zero-order valence-corrected chi connectivity index (χ0v) is 13.4. The van der Waals surface area contributed by atoms with Crippen molar-refractivity contribution in [3.8, 4) is 0 Å². The molecule has 0 bridgehead atoms. The molecule has 0 saturated carbocycles. The zero-order valence-electron chi connectivity index (χ0n) is 10.5. The van der Waals surface area contributed by atoms with Crippen LogP contribution in [0.4, 0.5) is 5.69 Å². The number of anilines is 1. The molecule has 0 fully saturated rings. The Kier molecular flexibility index (Phi) is 9.09. The van der Waals surface area contributed by atoms with Crippen LogP contribution in [-0.2, 0) is 15.6 Å². The van der Waals surface area contributed by atoms with Crippen molar-refractivity contribution in [2.45, 2.75) is 19.8 Å². The van der Waals surface area contributed by atoms with Crippen LogP contribution in [0.1, 0.15) is 30.1 Å². The molecule has 0 aliphatic heterocycles. The molecule has 0 amide bonds. The third-order valence-corrected chi connectivity index (χ3v) is 2.51. The van der Waals surface area contributed by atoms with Crippen molar-refractivity contribution in [1.29, 1.82) is 0 Å². The van der Waals surface area contributed by atoms with E-state index in [2.05, 4.69) is 4.72 Å². The van der Waals surface area contributed by atoms with Gasteiger partial charge < -0.3 is 4.74 Å². The number of carbonyl (C=O) groups is 1. The maximum absolute atomic E-state index is 11.7. The van der Waals surface area contributed by atoms with Crippen molar-refractivity contribution in [3.63, 3.8) is 0 Å². The summed E-state index contributed by atoms with van der Waals surface area (Å²) in [7, 11) is -2.79. The van der Waals surface area contributed by atoms with Gasteiger partial charge in [-0.3, -0.25) is 4.72 Å². The summed E-state index contributed by atoms with van der Waals surface area (Å²) in [6, 6.07) is 6.33. The molecule has 95 valence electrons. The van der Waals surface area contributed by atoms with E-state index in [0.29, 0.717) is 6.61 Å². The van der Waals surface area contributed by atoms with E-state index < -0.39 is 16.9 Å². The first kappa shape index (κ1) is 17.4. The Morgan fingerprint density at radius 2 is 2.00 bits per heavy atom. The number of carbonyl (C=O) groups excluding carboxylic acids is 1. The molecule has 1 aromatic rings. The molecular weight excluding hydrogens is 265 g/mol. The second kappa shape index (κ2) is 9.38. The Balaban J connectivity index is 0.00000289. The van der Waals surface area contributed by atoms with Crippen LogP contribution in [0.15, 0.2) is 24.3 Å². The molecule has 1 N–H and O–H groups in total. The minimum atomic E-state index is -2.79. The molecular formula is C11H15NNaO4S. The van der Waals surface area contributed by atoms with E-state index in [9.17, 15) is 13.2 Å². The summed E-state index contributed by atoms with van der Waals surface area (Å²) >= 11 is 0. The monoisotopic (exact) mass is 280 g/mol. The fourth-order valence-corrected chi connectivity index (χ4v) is 1.64. The normalized spacial score (nSPS) is 9.67. The van der Waals surface area contributed by atoms with E-state index in [1.807, 2.05) is 6.92 Å². The van der Waals surface area contributed by atoms with Gasteiger partial charge >= 0.3 is 5.97 Å².